The lowest BCUT2D eigenvalue weighted by molar-refractivity contribution is 0.449. The van der Waals surface area contributed by atoms with E-state index in [9.17, 15) is 0 Å². The number of hydrogen-bond acceptors (Lipinski definition) is 1. The van der Waals surface area contributed by atoms with Crippen LogP contribution in [0.3, 0.4) is 0 Å². The first kappa shape index (κ1) is 7.80. The molecule has 10 heavy (non-hydrogen) atoms. The largest absolute Gasteiger partial charge is 0.327 e. The molecule has 1 heteroatoms. The summed E-state index contributed by atoms with van der Waals surface area (Å²) in [5, 5.41) is 0. The van der Waals surface area contributed by atoms with Crippen LogP contribution in [-0.2, 0) is 0 Å². The van der Waals surface area contributed by atoms with Gasteiger partial charge < -0.3 is 5.73 Å². The van der Waals surface area contributed by atoms with Gasteiger partial charge in [0.1, 0.15) is 0 Å². The summed E-state index contributed by atoms with van der Waals surface area (Å²) < 4.78 is 0. The fraction of sp³-hybridized carbons (Fsp3) is 0.778. The molecular weight excluding hydrogens is 122 g/mol. The topological polar surface area (TPSA) is 26.0 Å². The SMILES string of the molecule is CCC1CCC=C(CN)C1. The van der Waals surface area contributed by atoms with Crippen LogP contribution in [0.25, 0.3) is 0 Å². The van der Waals surface area contributed by atoms with Crippen molar-refractivity contribution in [2.75, 3.05) is 6.54 Å². The summed E-state index contributed by atoms with van der Waals surface area (Å²) in [6.07, 6.45) is 7.52. The van der Waals surface area contributed by atoms with Crippen molar-refractivity contribution in [3.8, 4) is 0 Å². The first-order chi connectivity index (χ1) is 4.86. The van der Waals surface area contributed by atoms with E-state index in [1.165, 1.54) is 31.3 Å². The smallest absolute Gasteiger partial charge is 0.0136 e. The van der Waals surface area contributed by atoms with Crippen molar-refractivity contribution >= 4 is 0 Å². The Morgan fingerprint density at radius 3 is 3.10 bits per heavy atom. The molecule has 1 atom stereocenters. The molecule has 2 N–H and O–H groups in total. The summed E-state index contributed by atoms with van der Waals surface area (Å²) in [6, 6.07) is 0. The maximum atomic E-state index is 5.55. The highest BCUT2D eigenvalue weighted by Crippen LogP contribution is 2.25. The van der Waals surface area contributed by atoms with Gasteiger partial charge in [0.25, 0.3) is 0 Å². The van der Waals surface area contributed by atoms with Gasteiger partial charge in [-0.3, -0.25) is 0 Å². The molecule has 0 aliphatic heterocycles. The van der Waals surface area contributed by atoms with Crippen LogP contribution >= 0.6 is 0 Å². The molecule has 0 spiro atoms. The Balaban J connectivity index is 2.40. The van der Waals surface area contributed by atoms with E-state index < -0.39 is 0 Å². The van der Waals surface area contributed by atoms with Gasteiger partial charge in [0.15, 0.2) is 0 Å². The lowest BCUT2D eigenvalue weighted by atomic mass is 9.87. The maximum Gasteiger partial charge on any atom is 0.0136 e. The summed E-state index contributed by atoms with van der Waals surface area (Å²) in [5.74, 6) is 0.920. The summed E-state index contributed by atoms with van der Waals surface area (Å²) in [4.78, 5) is 0. The molecule has 1 nitrogen and oxygen atoms in total. The first-order valence-electron chi connectivity index (χ1n) is 4.24. The zero-order valence-electron chi connectivity index (χ0n) is 6.77. The van der Waals surface area contributed by atoms with Gasteiger partial charge in [-0.05, 0) is 25.2 Å². The van der Waals surface area contributed by atoms with E-state index >= 15 is 0 Å². The molecule has 0 amide bonds. The molecule has 1 aliphatic carbocycles. The number of nitrogens with two attached hydrogens (primary N) is 1. The third-order valence-electron chi connectivity index (χ3n) is 2.40. The Bertz CT molecular complexity index is 127. The van der Waals surface area contributed by atoms with Gasteiger partial charge in [-0.15, -0.1) is 0 Å². The lowest BCUT2D eigenvalue weighted by Gasteiger charge is -2.20. The molecule has 0 bridgehead atoms. The van der Waals surface area contributed by atoms with E-state index in [4.69, 9.17) is 5.73 Å². The molecule has 1 unspecified atom stereocenters. The van der Waals surface area contributed by atoms with Gasteiger partial charge in [0.05, 0.1) is 0 Å². The zero-order chi connectivity index (χ0) is 7.40. The van der Waals surface area contributed by atoms with Gasteiger partial charge in [-0.25, -0.2) is 0 Å². The minimum atomic E-state index is 0.774. The van der Waals surface area contributed by atoms with Crippen molar-refractivity contribution in [3.05, 3.63) is 11.6 Å². The quantitative estimate of drug-likeness (QED) is 0.582. The molecular formula is C9H17N. The standard InChI is InChI=1S/C9H17N/c1-2-8-4-3-5-9(6-8)7-10/h5,8H,2-4,6-7,10H2,1H3. The summed E-state index contributed by atoms with van der Waals surface area (Å²) in [6.45, 7) is 3.04. The Hall–Kier alpha value is -0.300. The molecule has 0 fully saturated rings. The summed E-state index contributed by atoms with van der Waals surface area (Å²) >= 11 is 0. The van der Waals surface area contributed by atoms with Crippen molar-refractivity contribution in [2.24, 2.45) is 11.7 Å². The van der Waals surface area contributed by atoms with Crippen molar-refractivity contribution in [2.45, 2.75) is 32.6 Å². The molecule has 58 valence electrons. The second-order valence-corrected chi connectivity index (χ2v) is 3.12. The van der Waals surface area contributed by atoms with E-state index in [-0.39, 0.29) is 0 Å². The van der Waals surface area contributed by atoms with Crippen molar-refractivity contribution in [1.82, 2.24) is 0 Å². The van der Waals surface area contributed by atoms with Crippen LogP contribution < -0.4 is 5.73 Å². The van der Waals surface area contributed by atoms with Crippen LogP contribution in [0, 0.1) is 5.92 Å². The third kappa shape index (κ3) is 1.84. The van der Waals surface area contributed by atoms with E-state index in [1.54, 1.807) is 0 Å². The Kier molecular flexibility index (Phi) is 2.94. The van der Waals surface area contributed by atoms with E-state index in [2.05, 4.69) is 13.0 Å². The van der Waals surface area contributed by atoms with Crippen molar-refractivity contribution in [3.63, 3.8) is 0 Å². The van der Waals surface area contributed by atoms with Gasteiger partial charge >= 0.3 is 0 Å². The molecule has 0 saturated carbocycles. The Morgan fingerprint density at radius 2 is 2.50 bits per heavy atom. The van der Waals surface area contributed by atoms with Crippen LogP contribution in [0.4, 0.5) is 0 Å². The highest BCUT2D eigenvalue weighted by atomic mass is 14.5. The van der Waals surface area contributed by atoms with Crippen LogP contribution in [0.5, 0.6) is 0 Å². The van der Waals surface area contributed by atoms with Gasteiger partial charge in [0, 0.05) is 6.54 Å². The Morgan fingerprint density at radius 1 is 1.70 bits per heavy atom. The van der Waals surface area contributed by atoms with Gasteiger partial charge in [0.2, 0.25) is 0 Å². The fourth-order valence-corrected chi connectivity index (χ4v) is 1.59. The van der Waals surface area contributed by atoms with Gasteiger partial charge in [-0.1, -0.05) is 25.0 Å². The van der Waals surface area contributed by atoms with Crippen molar-refractivity contribution in [1.29, 1.82) is 0 Å². The van der Waals surface area contributed by atoms with Crippen molar-refractivity contribution < 1.29 is 0 Å². The fourth-order valence-electron chi connectivity index (χ4n) is 1.59. The second kappa shape index (κ2) is 3.77. The average Bonchev–Trinajstić information content (AvgIpc) is 2.05. The minimum Gasteiger partial charge on any atom is -0.327 e. The van der Waals surface area contributed by atoms with Crippen LogP contribution in [-0.4, -0.2) is 6.54 Å². The molecule has 0 heterocycles. The molecule has 1 rings (SSSR count). The molecule has 0 aromatic heterocycles. The molecule has 0 aromatic carbocycles. The number of rotatable bonds is 2. The second-order valence-electron chi connectivity index (χ2n) is 3.12. The zero-order valence-corrected chi connectivity index (χ0v) is 6.77. The molecule has 0 saturated heterocycles. The molecule has 1 aliphatic rings. The van der Waals surface area contributed by atoms with Crippen LogP contribution in [0.15, 0.2) is 11.6 Å². The maximum absolute atomic E-state index is 5.55. The Labute approximate surface area is 63.3 Å². The van der Waals surface area contributed by atoms with Gasteiger partial charge in [-0.2, -0.15) is 0 Å². The predicted octanol–water partition coefficient (Wildman–Crippen LogP) is 2.08. The van der Waals surface area contributed by atoms with E-state index in [1.807, 2.05) is 0 Å². The summed E-state index contributed by atoms with van der Waals surface area (Å²) in [5.41, 5.74) is 7.02. The monoisotopic (exact) mass is 139 g/mol. The highest BCUT2D eigenvalue weighted by molar-refractivity contribution is 5.07. The average molecular weight is 139 g/mol. The molecule has 0 radical (unpaired) electrons. The minimum absolute atomic E-state index is 0.774. The van der Waals surface area contributed by atoms with Crippen LogP contribution in [0.2, 0.25) is 0 Å². The highest BCUT2D eigenvalue weighted by Gasteiger charge is 2.11. The first-order valence-corrected chi connectivity index (χ1v) is 4.24. The van der Waals surface area contributed by atoms with E-state index in [0.717, 1.165) is 12.5 Å². The number of allylic oxidation sites excluding steroid dienone is 1. The lowest BCUT2D eigenvalue weighted by Crippen LogP contribution is -2.12. The molecule has 0 aromatic rings. The summed E-state index contributed by atoms with van der Waals surface area (Å²) in [7, 11) is 0. The predicted molar refractivity (Wildman–Crippen MR) is 44.8 cm³/mol. The van der Waals surface area contributed by atoms with Crippen LogP contribution in [0.1, 0.15) is 32.6 Å². The third-order valence-corrected chi connectivity index (χ3v) is 2.40. The van der Waals surface area contributed by atoms with E-state index in [0.29, 0.717) is 0 Å². The number of hydrogen-bond donors (Lipinski definition) is 1. The normalized spacial score (nSPS) is 26.2.